The Bertz CT molecular complexity index is 1230. The molecule has 2 aromatic carbocycles. The highest BCUT2D eigenvalue weighted by Gasteiger charge is 2.15. The molecule has 0 atom stereocenters. The average Bonchev–Trinajstić information content (AvgIpc) is 3.18. The highest BCUT2D eigenvalue weighted by Crippen LogP contribution is 2.29. The Kier molecular flexibility index (Phi) is 5.85. The first-order chi connectivity index (χ1) is 14.9. The molecule has 0 aliphatic rings. The molecule has 2 heterocycles. The number of carbonyl (C=O) groups is 1. The van der Waals surface area contributed by atoms with Gasteiger partial charge in [-0.15, -0.1) is 0 Å². The topological polar surface area (TPSA) is 67.9 Å². The second-order valence-electron chi connectivity index (χ2n) is 8.37. The zero-order valence-corrected chi connectivity index (χ0v) is 18.4. The van der Waals surface area contributed by atoms with Crippen LogP contribution in [0.4, 0.5) is 0 Å². The first-order valence-corrected chi connectivity index (χ1v) is 10.6. The Morgan fingerprint density at radius 3 is 2.58 bits per heavy atom. The van der Waals surface area contributed by atoms with Gasteiger partial charge in [0, 0.05) is 17.3 Å². The molecule has 4 rings (SSSR count). The molecular formula is C26H27N3O2. The van der Waals surface area contributed by atoms with Gasteiger partial charge in [-0.25, -0.2) is 9.97 Å². The number of Topliss-reactive ketones (excluding diaryl/α,β-unsaturated/α-hetero) is 1. The third kappa shape index (κ3) is 4.66. The maximum absolute atomic E-state index is 11.9. The number of aromatic nitrogens is 3. The quantitative estimate of drug-likeness (QED) is 0.382. The Labute approximate surface area is 182 Å². The van der Waals surface area contributed by atoms with Crippen LogP contribution in [0.1, 0.15) is 47.8 Å². The predicted molar refractivity (Wildman–Crippen MR) is 123 cm³/mol. The second-order valence-corrected chi connectivity index (χ2v) is 8.37. The number of hydrogen-bond acceptors (Lipinski definition) is 4. The van der Waals surface area contributed by atoms with Gasteiger partial charge in [0.2, 0.25) is 0 Å². The van der Waals surface area contributed by atoms with Crippen molar-refractivity contribution in [3.8, 4) is 17.1 Å². The number of imidazole rings is 1. The molecule has 0 fully saturated rings. The van der Waals surface area contributed by atoms with Gasteiger partial charge in [0.1, 0.15) is 23.7 Å². The van der Waals surface area contributed by atoms with Crippen molar-refractivity contribution in [3.63, 3.8) is 0 Å². The average molecular weight is 414 g/mol. The van der Waals surface area contributed by atoms with Gasteiger partial charge in [0.05, 0.1) is 0 Å². The maximum Gasteiger partial charge on any atom is 0.161 e. The third-order valence-electron chi connectivity index (χ3n) is 5.28. The van der Waals surface area contributed by atoms with Crippen LogP contribution >= 0.6 is 0 Å². The fourth-order valence-corrected chi connectivity index (χ4v) is 3.78. The van der Waals surface area contributed by atoms with Gasteiger partial charge >= 0.3 is 0 Å². The van der Waals surface area contributed by atoms with Gasteiger partial charge < -0.3 is 9.72 Å². The predicted octanol–water partition coefficient (Wildman–Crippen LogP) is 5.91. The summed E-state index contributed by atoms with van der Waals surface area (Å²) in [5.74, 6) is 2.05. The number of ether oxygens (including phenoxy) is 1. The molecule has 0 saturated carbocycles. The normalized spacial score (nSPS) is 11.3. The molecule has 5 heteroatoms. The molecule has 2 aromatic heterocycles. The van der Waals surface area contributed by atoms with E-state index in [4.69, 9.17) is 9.72 Å². The first-order valence-electron chi connectivity index (χ1n) is 10.6. The molecule has 0 unspecified atom stereocenters. The molecule has 4 aromatic rings. The number of nitrogens with one attached hydrogen (secondary N) is 1. The van der Waals surface area contributed by atoms with E-state index in [-0.39, 0.29) is 5.78 Å². The summed E-state index contributed by atoms with van der Waals surface area (Å²) in [5, 5.41) is 0. The summed E-state index contributed by atoms with van der Waals surface area (Å²) in [4.78, 5) is 24.4. The SMILES string of the molecule is CC(=O)c1cnc2[nH]c(-c3cc(CC(C)C)cc(OCc4ccccc4)c3)nc2c1C. The van der Waals surface area contributed by atoms with E-state index >= 15 is 0 Å². The van der Waals surface area contributed by atoms with Crippen molar-refractivity contribution in [1.29, 1.82) is 0 Å². The Morgan fingerprint density at radius 2 is 1.87 bits per heavy atom. The molecular weight excluding hydrogens is 386 g/mol. The minimum atomic E-state index is -0.00743. The lowest BCUT2D eigenvalue weighted by atomic mass is 10.0. The molecule has 158 valence electrons. The fraction of sp³-hybridized carbons (Fsp3) is 0.269. The van der Waals surface area contributed by atoms with Crippen LogP contribution in [0.5, 0.6) is 5.75 Å². The highest BCUT2D eigenvalue weighted by atomic mass is 16.5. The summed E-state index contributed by atoms with van der Waals surface area (Å²) in [7, 11) is 0. The number of benzene rings is 2. The highest BCUT2D eigenvalue weighted by molar-refractivity contribution is 5.99. The van der Waals surface area contributed by atoms with Crippen LogP contribution in [0.15, 0.2) is 54.7 Å². The van der Waals surface area contributed by atoms with Gasteiger partial charge in [0.25, 0.3) is 0 Å². The zero-order chi connectivity index (χ0) is 22.0. The summed E-state index contributed by atoms with van der Waals surface area (Å²) in [5.41, 5.74) is 6.12. The van der Waals surface area contributed by atoms with Crippen LogP contribution in [0.3, 0.4) is 0 Å². The van der Waals surface area contributed by atoms with E-state index in [1.54, 1.807) is 13.1 Å². The lowest BCUT2D eigenvalue weighted by molar-refractivity contribution is 0.101. The van der Waals surface area contributed by atoms with Gasteiger partial charge in [-0.2, -0.15) is 0 Å². The molecule has 0 amide bonds. The first kappa shape index (κ1) is 20.8. The number of rotatable bonds is 7. The number of hydrogen-bond donors (Lipinski definition) is 1. The zero-order valence-electron chi connectivity index (χ0n) is 18.4. The van der Waals surface area contributed by atoms with Gasteiger partial charge in [-0.1, -0.05) is 44.2 Å². The minimum Gasteiger partial charge on any atom is -0.489 e. The van der Waals surface area contributed by atoms with Gasteiger partial charge in [-0.05, 0) is 61.1 Å². The summed E-state index contributed by atoms with van der Waals surface area (Å²) >= 11 is 0. The van der Waals surface area contributed by atoms with Crippen molar-refractivity contribution >= 4 is 16.9 Å². The number of carbonyl (C=O) groups excluding carboxylic acids is 1. The smallest absolute Gasteiger partial charge is 0.161 e. The Balaban J connectivity index is 1.72. The van der Waals surface area contributed by atoms with Crippen LogP contribution in [0, 0.1) is 12.8 Å². The number of nitrogens with zero attached hydrogens (tertiary/aromatic N) is 2. The van der Waals surface area contributed by atoms with Crippen molar-refractivity contribution in [2.24, 2.45) is 5.92 Å². The largest absolute Gasteiger partial charge is 0.489 e. The van der Waals surface area contributed by atoms with Gasteiger partial charge in [0.15, 0.2) is 11.4 Å². The number of aromatic amines is 1. The number of ketones is 1. The van der Waals surface area contributed by atoms with Crippen molar-refractivity contribution in [2.45, 2.75) is 40.7 Å². The van der Waals surface area contributed by atoms with E-state index < -0.39 is 0 Å². The summed E-state index contributed by atoms with van der Waals surface area (Å²) in [6, 6.07) is 16.4. The number of fused-ring (bicyclic) bond motifs is 1. The Hall–Kier alpha value is -3.47. The monoisotopic (exact) mass is 413 g/mol. The molecule has 0 radical (unpaired) electrons. The Morgan fingerprint density at radius 1 is 1.10 bits per heavy atom. The lowest BCUT2D eigenvalue weighted by Gasteiger charge is -2.12. The standard InChI is InChI=1S/C26H27N3O2/c1-16(2)10-20-11-21(13-22(12-20)31-15-19-8-6-5-7-9-19)25-28-24-17(3)23(18(4)30)14-27-26(24)29-25/h5-9,11-14,16H,10,15H2,1-4H3,(H,27,28,29). The molecule has 31 heavy (non-hydrogen) atoms. The number of H-pyrrole nitrogens is 1. The van der Waals surface area contributed by atoms with E-state index in [1.807, 2.05) is 31.2 Å². The molecule has 0 saturated heterocycles. The molecule has 0 bridgehead atoms. The maximum atomic E-state index is 11.9. The van der Waals surface area contributed by atoms with Crippen molar-refractivity contribution in [3.05, 3.63) is 77.0 Å². The molecule has 0 spiro atoms. The van der Waals surface area contributed by atoms with Gasteiger partial charge in [-0.3, -0.25) is 4.79 Å². The third-order valence-corrected chi connectivity index (χ3v) is 5.28. The van der Waals surface area contributed by atoms with E-state index in [2.05, 4.69) is 48.1 Å². The number of aryl methyl sites for hydroxylation is 1. The molecule has 1 N–H and O–H groups in total. The fourth-order valence-electron chi connectivity index (χ4n) is 3.78. The van der Waals surface area contributed by atoms with Crippen LogP contribution in [0.25, 0.3) is 22.6 Å². The van der Waals surface area contributed by atoms with Crippen molar-refractivity contribution < 1.29 is 9.53 Å². The van der Waals surface area contributed by atoms with Crippen LogP contribution in [-0.4, -0.2) is 20.7 Å². The van der Waals surface area contributed by atoms with Crippen LogP contribution in [-0.2, 0) is 13.0 Å². The van der Waals surface area contributed by atoms with E-state index in [1.165, 1.54) is 5.56 Å². The lowest BCUT2D eigenvalue weighted by Crippen LogP contribution is -1.99. The summed E-state index contributed by atoms with van der Waals surface area (Å²) < 4.78 is 6.12. The van der Waals surface area contributed by atoms with Crippen molar-refractivity contribution in [2.75, 3.05) is 0 Å². The minimum absolute atomic E-state index is 0.00743. The van der Waals surface area contributed by atoms with Crippen LogP contribution < -0.4 is 4.74 Å². The summed E-state index contributed by atoms with van der Waals surface area (Å²) in [6.45, 7) is 8.38. The summed E-state index contributed by atoms with van der Waals surface area (Å²) in [6.07, 6.45) is 2.56. The van der Waals surface area contributed by atoms with E-state index in [0.717, 1.165) is 40.2 Å². The van der Waals surface area contributed by atoms with E-state index in [0.29, 0.717) is 23.7 Å². The van der Waals surface area contributed by atoms with E-state index in [9.17, 15) is 4.79 Å². The number of pyridine rings is 1. The molecule has 5 nitrogen and oxygen atoms in total. The van der Waals surface area contributed by atoms with Crippen LogP contribution in [0.2, 0.25) is 0 Å². The molecule has 0 aliphatic heterocycles. The van der Waals surface area contributed by atoms with Crippen molar-refractivity contribution in [1.82, 2.24) is 15.0 Å². The molecule has 0 aliphatic carbocycles. The second kappa shape index (κ2) is 8.72.